The monoisotopic (exact) mass is 303 g/mol. The first-order valence-electron chi connectivity index (χ1n) is 7.37. The standard InChI is InChI=1S/C16H21N3OS/c1-16(2,3)15-18-10-13(21-15)14(20)19-9-5-7-12(19)11-6-4-8-17-11/h4,6,8,10,12,17H,5,7,9H2,1-3H3/t12-/m1/s1. The molecule has 3 rings (SSSR count). The Bertz CT molecular complexity index is 624. The zero-order valence-corrected chi connectivity index (χ0v) is 13.5. The molecule has 1 aliphatic rings. The van der Waals surface area contributed by atoms with Crippen LogP contribution in [0.5, 0.6) is 0 Å². The van der Waals surface area contributed by atoms with Gasteiger partial charge in [-0.2, -0.15) is 0 Å². The van der Waals surface area contributed by atoms with Gasteiger partial charge in [0, 0.05) is 23.9 Å². The topological polar surface area (TPSA) is 49.0 Å². The fourth-order valence-electron chi connectivity index (χ4n) is 2.75. The Morgan fingerprint density at radius 3 is 2.90 bits per heavy atom. The van der Waals surface area contributed by atoms with Crippen LogP contribution in [0.3, 0.4) is 0 Å². The molecule has 1 atom stereocenters. The van der Waals surface area contributed by atoms with E-state index in [0.29, 0.717) is 0 Å². The van der Waals surface area contributed by atoms with Crippen molar-refractivity contribution < 1.29 is 4.79 Å². The Balaban J connectivity index is 1.83. The third-order valence-corrected chi connectivity index (χ3v) is 5.26. The van der Waals surface area contributed by atoms with E-state index in [2.05, 4.69) is 36.8 Å². The van der Waals surface area contributed by atoms with Gasteiger partial charge in [-0.15, -0.1) is 11.3 Å². The molecule has 0 aromatic carbocycles. The van der Waals surface area contributed by atoms with Gasteiger partial charge in [-0.25, -0.2) is 4.98 Å². The maximum atomic E-state index is 12.8. The Morgan fingerprint density at radius 2 is 2.29 bits per heavy atom. The summed E-state index contributed by atoms with van der Waals surface area (Å²) in [6.45, 7) is 7.19. The van der Waals surface area contributed by atoms with Gasteiger partial charge in [0.15, 0.2) is 0 Å². The minimum atomic E-state index is -0.00688. The van der Waals surface area contributed by atoms with Gasteiger partial charge in [-0.1, -0.05) is 20.8 Å². The molecular formula is C16H21N3OS. The molecule has 0 bridgehead atoms. The Morgan fingerprint density at radius 1 is 1.48 bits per heavy atom. The van der Waals surface area contributed by atoms with Crippen LogP contribution < -0.4 is 0 Å². The number of aromatic amines is 1. The number of nitrogens with one attached hydrogen (secondary N) is 1. The molecule has 4 nitrogen and oxygen atoms in total. The molecule has 5 heteroatoms. The van der Waals surface area contributed by atoms with Crippen LogP contribution in [0.1, 0.15) is 60.0 Å². The van der Waals surface area contributed by atoms with Crippen molar-refractivity contribution in [3.05, 3.63) is 40.1 Å². The van der Waals surface area contributed by atoms with E-state index in [1.807, 2.05) is 17.2 Å². The molecule has 0 saturated carbocycles. The van der Waals surface area contributed by atoms with Crippen molar-refractivity contribution in [2.75, 3.05) is 6.54 Å². The predicted molar refractivity (Wildman–Crippen MR) is 84.6 cm³/mol. The van der Waals surface area contributed by atoms with Crippen LogP contribution in [0.2, 0.25) is 0 Å². The first kappa shape index (κ1) is 14.3. The zero-order valence-electron chi connectivity index (χ0n) is 12.7. The molecule has 0 radical (unpaired) electrons. The van der Waals surface area contributed by atoms with Gasteiger partial charge in [0.1, 0.15) is 4.88 Å². The average molecular weight is 303 g/mol. The van der Waals surface area contributed by atoms with Crippen molar-refractivity contribution in [2.45, 2.75) is 45.1 Å². The molecule has 1 aliphatic heterocycles. The molecule has 1 N–H and O–H groups in total. The van der Waals surface area contributed by atoms with Crippen LogP contribution in [0.25, 0.3) is 0 Å². The summed E-state index contributed by atoms with van der Waals surface area (Å²) in [5.74, 6) is 0.111. The lowest BCUT2D eigenvalue weighted by molar-refractivity contribution is 0.0738. The molecule has 2 aromatic heterocycles. The number of likely N-dealkylation sites (tertiary alicyclic amines) is 1. The van der Waals surface area contributed by atoms with E-state index >= 15 is 0 Å². The number of carbonyl (C=O) groups excluding carboxylic acids is 1. The highest BCUT2D eigenvalue weighted by Gasteiger charge is 2.32. The van der Waals surface area contributed by atoms with Crippen LogP contribution in [0, 0.1) is 0 Å². The van der Waals surface area contributed by atoms with Crippen molar-refractivity contribution in [3.8, 4) is 0 Å². The second-order valence-electron chi connectivity index (χ2n) is 6.56. The van der Waals surface area contributed by atoms with Crippen LogP contribution in [0.15, 0.2) is 24.5 Å². The molecule has 0 aliphatic carbocycles. The molecule has 0 unspecified atom stereocenters. The van der Waals surface area contributed by atoms with Crippen LogP contribution in [-0.2, 0) is 5.41 Å². The van der Waals surface area contributed by atoms with Gasteiger partial charge in [0.05, 0.1) is 17.2 Å². The number of H-pyrrole nitrogens is 1. The minimum absolute atomic E-state index is 0.00688. The third-order valence-electron chi connectivity index (χ3n) is 3.85. The number of carbonyl (C=O) groups is 1. The fraction of sp³-hybridized carbons (Fsp3) is 0.500. The number of rotatable bonds is 2. The number of hydrogen-bond acceptors (Lipinski definition) is 3. The minimum Gasteiger partial charge on any atom is -0.363 e. The van der Waals surface area contributed by atoms with E-state index in [1.165, 1.54) is 11.3 Å². The maximum Gasteiger partial charge on any atom is 0.266 e. The molecule has 1 fully saturated rings. The molecule has 0 spiro atoms. The Hall–Kier alpha value is -1.62. The van der Waals surface area contributed by atoms with Crippen molar-refractivity contribution in [1.29, 1.82) is 0 Å². The highest BCUT2D eigenvalue weighted by molar-refractivity contribution is 7.13. The first-order chi connectivity index (χ1) is 9.97. The molecule has 2 aromatic rings. The van der Waals surface area contributed by atoms with E-state index in [4.69, 9.17) is 0 Å². The van der Waals surface area contributed by atoms with E-state index in [-0.39, 0.29) is 17.4 Å². The first-order valence-corrected chi connectivity index (χ1v) is 8.19. The van der Waals surface area contributed by atoms with Crippen molar-refractivity contribution in [3.63, 3.8) is 0 Å². The van der Waals surface area contributed by atoms with E-state index in [9.17, 15) is 4.79 Å². The number of nitrogens with zero attached hydrogens (tertiary/aromatic N) is 2. The number of thiazole rings is 1. The highest BCUT2D eigenvalue weighted by Crippen LogP contribution is 2.34. The Labute approximate surface area is 129 Å². The Kier molecular flexibility index (Phi) is 3.61. The van der Waals surface area contributed by atoms with Gasteiger partial charge in [-0.3, -0.25) is 4.79 Å². The molecule has 1 amide bonds. The van der Waals surface area contributed by atoms with E-state index in [1.54, 1.807) is 6.20 Å². The highest BCUT2D eigenvalue weighted by atomic mass is 32.1. The second kappa shape index (κ2) is 5.30. The van der Waals surface area contributed by atoms with Crippen molar-refractivity contribution in [2.24, 2.45) is 0 Å². The molecule has 112 valence electrons. The normalized spacial score (nSPS) is 19.2. The summed E-state index contributed by atoms with van der Waals surface area (Å²) in [5, 5.41) is 1.02. The summed E-state index contributed by atoms with van der Waals surface area (Å²) in [6, 6.07) is 4.22. The van der Waals surface area contributed by atoms with Gasteiger partial charge < -0.3 is 9.88 Å². The molecule has 1 saturated heterocycles. The lowest BCUT2D eigenvalue weighted by Gasteiger charge is -2.23. The van der Waals surface area contributed by atoms with Crippen LogP contribution in [-0.4, -0.2) is 27.3 Å². The smallest absolute Gasteiger partial charge is 0.266 e. The zero-order chi connectivity index (χ0) is 15.0. The summed E-state index contributed by atoms with van der Waals surface area (Å²) in [7, 11) is 0. The van der Waals surface area contributed by atoms with Gasteiger partial charge in [-0.05, 0) is 25.0 Å². The molecule has 3 heterocycles. The summed E-state index contributed by atoms with van der Waals surface area (Å²) in [5.41, 5.74) is 1.12. The van der Waals surface area contributed by atoms with E-state index in [0.717, 1.165) is 35.0 Å². The average Bonchev–Trinajstić information content (AvgIpc) is 3.16. The van der Waals surface area contributed by atoms with Gasteiger partial charge in [0.25, 0.3) is 5.91 Å². The van der Waals surface area contributed by atoms with Gasteiger partial charge >= 0.3 is 0 Å². The summed E-state index contributed by atoms with van der Waals surface area (Å²) in [4.78, 5) is 23.2. The lowest BCUT2D eigenvalue weighted by Crippen LogP contribution is -2.30. The predicted octanol–water partition coefficient (Wildman–Crippen LogP) is 3.75. The summed E-state index contributed by atoms with van der Waals surface area (Å²) >= 11 is 1.52. The largest absolute Gasteiger partial charge is 0.363 e. The lowest BCUT2D eigenvalue weighted by atomic mass is 9.98. The quantitative estimate of drug-likeness (QED) is 0.918. The second-order valence-corrected chi connectivity index (χ2v) is 7.59. The molecule has 21 heavy (non-hydrogen) atoms. The van der Waals surface area contributed by atoms with E-state index < -0.39 is 0 Å². The van der Waals surface area contributed by atoms with Gasteiger partial charge in [0.2, 0.25) is 0 Å². The number of hydrogen-bond donors (Lipinski definition) is 1. The maximum absolute atomic E-state index is 12.8. The molecular weight excluding hydrogens is 282 g/mol. The fourth-order valence-corrected chi connectivity index (χ4v) is 3.68. The van der Waals surface area contributed by atoms with Crippen molar-refractivity contribution >= 4 is 17.2 Å². The van der Waals surface area contributed by atoms with Crippen LogP contribution in [0.4, 0.5) is 0 Å². The van der Waals surface area contributed by atoms with Crippen molar-refractivity contribution in [1.82, 2.24) is 14.9 Å². The summed E-state index contributed by atoms with van der Waals surface area (Å²) < 4.78 is 0. The third kappa shape index (κ3) is 2.75. The summed E-state index contributed by atoms with van der Waals surface area (Å²) in [6.07, 6.45) is 5.73. The SMILES string of the molecule is CC(C)(C)c1ncc(C(=O)N2CCC[C@@H]2c2ccc[nH]2)s1. The number of aromatic nitrogens is 2. The number of amides is 1. The van der Waals surface area contributed by atoms with Crippen LogP contribution >= 0.6 is 11.3 Å².